The molecule has 0 aliphatic carbocycles. The number of hydrogen-bond donors (Lipinski definition) is 1. The fourth-order valence-corrected chi connectivity index (χ4v) is 6.41. The normalized spacial score (nSPS) is 12.1. The highest BCUT2D eigenvalue weighted by Gasteiger charge is 2.34. The summed E-state index contributed by atoms with van der Waals surface area (Å²) in [5, 5.41) is 3.62. The summed E-state index contributed by atoms with van der Waals surface area (Å²) < 4.78 is 29.3. The van der Waals surface area contributed by atoms with Crippen molar-refractivity contribution in [2.24, 2.45) is 0 Å². The summed E-state index contributed by atoms with van der Waals surface area (Å²) in [7, 11) is -4.15. The summed E-state index contributed by atoms with van der Waals surface area (Å²) >= 11 is 12.4. The van der Waals surface area contributed by atoms with Crippen LogP contribution in [0.1, 0.15) is 55.4 Å². The number of hydrogen-bond acceptors (Lipinski definition) is 4. The van der Waals surface area contributed by atoms with E-state index < -0.39 is 28.5 Å². The van der Waals surface area contributed by atoms with E-state index in [9.17, 15) is 18.0 Å². The van der Waals surface area contributed by atoms with Crippen LogP contribution in [-0.2, 0) is 26.2 Å². The van der Waals surface area contributed by atoms with Crippen LogP contribution < -0.4 is 9.62 Å². The zero-order valence-electron chi connectivity index (χ0n) is 24.8. The first-order valence-electron chi connectivity index (χ1n) is 14.1. The SMILES string of the molecule is CCCCNC(=O)C(CC)N(Cc1ccc(Cl)c(Cl)c1)C(=O)CN(c1cccc(C)c1C)S(=O)(=O)c1ccc(C)cc1. The Morgan fingerprint density at radius 1 is 0.929 bits per heavy atom. The number of nitrogens with zero attached hydrogens (tertiary/aromatic N) is 2. The Kier molecular flexibility index (Phi) is 11.9. The molecule has 3 aromatic carbocycles. The van der Waals surface area contributed by atoms with Crippen molar-refractivity contribution >= 4 is 50.7 Å². The van der Waals surface area contributed by atoms with Gasteiger partial charge in [-0.25, -0.2) is 8.42 Å². The van der Waals surface area contributed by atoms with E-state index in [1.807, 2.05) is 40.7 Å². The van der Waals surface area contributed by atoms with Crippen molar-refractivity contribution in [3.63, 3.8) is 0 Å². The fraction of sp³-hybridized carbons (Fsp3) is 0.375. The summed E-state index contributed by atoms with van der Waals surface area (Å²) in [6.07, 6.45) is 2.04. The molecule has 0 saturated heterocycles. The number of halogens is 2. The zero-order chi connectivity index (χ0) is 31.0. The summed E-state index contributed by atoms with van der Waals surface area (Å²) in [6.45, 7) is 9.47. The summed E-state index contributed by atoms with van der Waals surface area (Å²) in [6, 6.07) is 16.1. The first kappa shape index (κ1) is 33.4. The number of aryl methyl sites for hydroxylation is 2. The van der Waals surface area contributed by atoms with Crippen molar-refractivity contribution in [3.8, 4) is 0 Å². The van der Waals surface area contributed by atoms with Gasteiger partial charge in [-0.3, -0.25) is 13.9 Å². The van der Waals surface area contributed by atoms with Crippen molar-refractivity contribution < 1.29 is 18.0 Å². The number of sulfonamides is 1. The van der Waals surface area contributed by atoms with E-state index in [2.05, 4.69) is 5.32 Å². The van der Waals surface area contributed by atoms with Gasteiger partial charge in [0.15, 0.2) is 0 Å². The molecule has 1 atom stereocenters. The van der Waals surface area contributed by atoms with E-state index >= 15 is 0 Å². The number of nitrogens with one attached hydrogen (secondary N) is 1. The van der Waals surface area contributed by atoms with Gasteiger partial charge in [0.25, 0.3) is 10.0 Å². The second-order valence-corrected chi connectivity index (χ2v) is 13.1. The van der Waals surface area contributed by atoms with Crippen LogP contribution in [0.4, 0.5) is 5.69 Å². The monoisotopic (exact) mass is 631 g/mol. The van der Waals surface area contributed by atoms with E-state index in [1.165, 1.54) is 17.0 Å². The molecule has 2 amide bonds. The van der Waals surface area contributed by atoms with Gasteiger partial charge in [-0.1, -0.05) is 79.4 Å². The van der Waals surface area contributed by atoms with Crippen LogP contribution in [0.2, 0.25) is 10.0 Å². The van der Waals surface area contributed by atoms with E-state index in [0.29, 0.717) is 34.3 Å². The molecule has 0 radical (unpaired) electrons. The van der Waals surface area contributed by atoms with E-state index in [-0.39, 0.29) is 17.3 Å². The lowest BCUT2D eigenvalue weighted by Crippen LogP contribution is -2.52. The Balaban J connectivity index is 2.09. The van der Waals surface area contributed by atoms with Crippen LogP contribution in [0.3, 0.4) is 0 Å². The minimum absolute atomic E-state index is 0.0423. The van der Waals surface area contributed by atoms with Gasteiger partial charge < -0.3 is 10.2 Å². The zero-order valence-corrected chi connectivity index (χ0v) is 27.1. The van der Waals surface area contributed by atoms with Gasteiger partial charge in [0.1, 0.15) is 12.6 Å². The van der Waals surface area contributed by atoms with Gasteiger partial charge in [0.05, 0.1) is 20.6 Å². The Morgan fingerprint density at radius 2 is 1.62 bits per heavy atom. The number of carbonyl (C=O) groups is 2. The second kappa shape index (κ2) is 14.9. The molecule has 0 bridgehead atoms. The number of unbranched alkanes of at least 4 members (excludes halogenated alkanes) is 1. The predicted octanol–water partition coefficient (Wildman–Crippen LogP) is 6.84. The topological polar surface area (TPSA) is 86.8 Å². The molecule has 3 rings (SSSR count). The average molecular weight is 633 g/mol. The van der Waals surface area contributed by atoms with Crippen molar-refractivity contribution in [3.05, 3.63) is 93.0 Å². The molecule has 0 saturated carbocycles. The van der Waals surface area contributed by atoms with Gasteiger partial charge >= 0.3 is 0 Å². The first-order valence-corrected chi connectivity index (χ1v) is 16.3. The van der Waals surface area contributed by atoms with Crippen molar-refractivity contribution in [1.29, 1.82) is 0 Å². The minimum atomic E-state index is -4.15. The molecule has 1 unspecified atom stereocenters. The molecule has 0 heterocycles. The third kappa shape index (κ3) is 8.06. The van der Waals surface area contributed by atoms with Crippen LogP contribution in [-0.4, -0.2) is 44.3 Å². The van der Waals surface area contributed by atoms with Crippen LogP contribution in [0.25, 0.3) is 0 Å². The first-order chi connectivity index (χ1) is 19.9. The Morgan fingerprint density at radius 3 is 2.24 bits per heavy atom. The lowest BCUT2D eigenvalue weighted by molar-refractivity contribution is -0.140. The number of anilines is 1. The highest BCUT2D eigenvalue weighted by atomic mass is 35.5. The van der Waals surface area contributed by atoms with Gasteiger partial charge in [0.2, 0.25) is 11.8 Å². The van der Waals surface area contributed by atoms with Crippen LogP contribution >= 0.6 is 23.2 Å². The molecular formula is C32H39Cl2N3O4S. The summed E-state index contributed by atoms with van der Waals surface area (Å²) in [5.74, 6) is -0.811. The van der Waals surface area contributed by atoms with Crippen molar-refractivity contribution in [1.82, 2.24) is 10.2 Å². The quantitative estimate of drug-likeness (QED) is 0.209. The Bertz CT molecular complexity index is 1510. The molecule has 10 heteroatoms. The largest absolute Gasteiger partial charge is 0.354 e. The van der Waals surface area contributed by atoms with Gasteiger partial charge in [-0.15, -0.1) is 0 Å². The van der Waals surface area contributed by atoms with Crippen molar-refractivity contribution in [2.45, 2.75) is 71.4 Å². The third-order valence-corrected chi connectivity index (χ3v) is 9.80. The number of amides is 2. The highest BCUT2D eigenvalue weighted by molar-refractivity contribution is 7.92. The average Bonchev–Trinajstić information content (AvgIpc) is 2.95. The molecule has 0 aromatic heterocycles. The molecule has 0 spiro atoms. The smallest absolute Gasteiger partial charge is 0.264 e. The Labute approximate surface area is 259 Å². The lowest BCUT2D eigenvalue weighted by Gasteiger charge is -2.33. The maximum Gasteiger partial charge on any atom is 0.264 e. The Hall–Kier alpha value is -3.07. The van der Waals surface area contributed by atoms with Gasteiger partial charge in [-0.2, -0.15) is 0 Å². The summed E-state index contributed by atoms with van der Waals surface area (Å²) in [4.78, 5) is 29.1. The third-order valence-electron chi connectivity index (χ3n) is 7.28. The molecule has 7 nitrogen and oxygen atoms in total. The highest BCUT2D eigenvalue weighted by Crippen LogP contribution is 2.30. The molecule has 0 aliphatic heterocycles. The molecular weight excluding hydrogens is 593 g/mol. The maximum atomic E-state index is 14.2. The lowest BCUT2D eigenvalue weighted by atomic mass is 10.1. The molecule has 1 N–H and O–H groups in total. The van der Waals surface area contributed by atoms with E-state index in [0.717, 1.165) is 33.8 Å². The summed E-state index contributed by atoms with van der Waals surface area (Å²) in [5.41, 5.74) is 3.60. The number of rotatable bonds is 13. The molecule has 0 fully saturated rings. The maximum absolute atomic E-state index is 14.2. The fourth-order valence-electron chi connectivity index (χ4n) is 4.62. The van der Waals surface area contributed by atoms with Gasteiger partial charge in [0, 0.05) is 13.1 Å². The second-order valence-electron chi connectivity index (χ2n) is 10.4. The number of carbonyl (C=O) groups excluding carboxylic acids is 2. The predicted molar refractivity (Wildman–Crippen MR) is 171 cm³/mol. The number of benzene rings is 3. The van der Waals surface area contributed by atoms with Crippen LogP contribution in [0.15, 0.2) is 65.6 Å². The van der Waals surface area contributed by atoms with Crippen LogP contribution in [0, 0.1) is 20.8 Å². The molecule has 3 aromatic rings. The van der Waals surface area contributed by atoms with Gasteiger partial charge in [-0.05, 0) is 80.6 Å². The molecule has 42 heavy (non-hydrogen) atoms. The van der Waals surface area contributed by atoms with E-state index in [4.69, 9.17) is 23.2 Å². The van der Waals surface area contributed by atoms with E-state index in [1.54, 1.807) is 42.5 Å². The van der Waals surface area contributed by atoms with Crippen molar-refractivity contribution in [2.75, 3.05) is 17.4 Å². The minimum Gasteiger partial charge on any atom is -0.354 e. The van der Waals surface area contributed by atoms with Crippen LogP contribution in [0.5, 0.6) is 0 Å². The standard InChI is InChI=1S/C32H39Cl2N3O4S/c1-6-8-18-35-32(39)29(7-2)36(20-25-14-17-27(33)28(34)19-25)31(38)21-37(30-11-9-10-23(4)24(30)5)42(40,41)26-15-12-22(3)13-16-26/h9-17,19,29H,6-8,18,20-21H2,1-5H3,(H,35,39). The molecule has 226 valence electrons. The molecule has 0 aliphatic rings.